The van der Waals surface area contributed by atoms with Crippen LogP contribution < -0.4 is 10.1 Å². The Morgan fingerprint density at radius 2 is 2.08 bits per heavy atom. The molecule has 1 saturated heterocycles. The lowest BCUT2D eigenvalue weighted by Crippen LogP contribution is -2.55. The Kier molecular flexibility index (Phi) is 7.68. The average molecular weight is 349 g/mol. The van der Waals surface area contributed by atoms with Crippen LogP contribution >= 0.6 is 0 Å². The molecule has 1 aliphatic heterocycles. The maximum absolute atomic E-state index is 12.2. The van der Waals surface area contributed by atoms with Gasteiger partial charge in [-0.2, -0.15) is 0 Å². The van der Waals surface area contributed by atoms with Gasteiger partial charge >= 0.3 is 0 Å². The van der Waals surface area contributed by atoms with E-state index in [2.05, 4.69) is 22.0 Å². The fourth-order valence-electron chi connectivity index (χ4n) is 3.27. The van der Waals surface area contributed by atoms with Crippen molar-refractivity contribution in [3.05, 3.63) is 29.8 Å². The smallest absolute Gasteiger partial charge is 0.234 e. The molecule has 2 atom stereocenters. The van der Waals surface area contributed by atoms with Crippen molar-refractivity contribution >= 4 is 5.91 Å². The van der Waals surface area contributed by atoms with E-state index in [1.165, 1.54) is 0 Å². The van der Waals surface area contributed by atoms with Gasteiger partial charge in [0.1, 0.15) is 5.75 Å². The third-order valence-corrected chi connectivity index (χ3v) is 4.67. The molecule has 0 bridgehead atoms. The number of methoxy groups -OCH3 is 1. The first-order chi connectivity index (χ1) is 12.0. The van der Waals surface area contributed by atoms with Crippen molar-refractivity contribution in [3.8, 4) is 5.75 Å². The first-order valence-corrected chi connectivity index (χ1v) is 9.06. The summed E-state index contributed by atoms with van der Waals surface area (Å²) in [5, 5.41) is 12.6. The van der Waals surface area contributed by atoms with E-state index in [9.17, 15) is 9.90 Å². The number of carbonyl (C=O) groups is 1. The van der Waals surface area contributed by atoms with Gasteiger partial charge in [0.25, 0.3) is 0 Å². The molecule has 0 saturated carbocycles. The number of amides is 1. The largest absolute Gasteiger partial charge is 0.497 e. The summed E-state index contributed by atoms with van der Waals surface area (Å²) in [6.07, 6.45) is 0.713. The molecule has 0 radical (unpaired) electrons. The summed E-state index contributed by atoms with van der Waals surface area (Å²) in [6.45, 7) is 8.28. The van der Waals surface area contributed by atoms with Crippen LogP contribution in [0.15, 0.2) is 24.3 Å². The number of piperazine rings is 1. The summed E-state index contributed by atoms with van der Waals surface area (Å²) < 4.78 is 5.13. The second-order valence-corrected chi connectivity index (χ2v) is 6.77. The van der Waals surface area contributed by atoms with Crippen molar-refractivity contribution in [1.29, 1.82) is 0 Å². The Hall–Kier alpha value is -1.63. The van der Waals surface area contributed by atoms with Crippen LogP contribution in [0.4, 0.5) is 0 Å². The quantitative estimate of drug-likeness (QED) is 0.735. The molecule has 25 heavy (non-hydrogen) atoms. The lowest BCUT2D eigenvalue weighted by molar-refractivity contribution is -0.123. The molecule has 6 nitrogen and oxygen atoms in total. The maximum atomic E-state index is 12.2. The summed E-state index contributed by atoms with van der Waals surface area (Å²) in [5.41, 5.74) is 1.06. The van der Waals surface area contributed by atoms with Crippen LogP contribution in [0.3, 0.4) is 0 Å². The third kappa shape index (κ3) is 6.30. The minimum absolute atomic E-state index is 0.0506. The van der Waals surface area contributed by atoms with E-state index in [1.807, 2.05) is 31.2 Å². The van der Waals surface area contributed by atoms with Crippen molar-refractivity contribution in [2.75, 3.05) is 39.8 Å². The second-order valence-electron chi connectivity index (χ2n) is 6.77. The van der Waals surface area contributed by atoms with Crippen molar-refractivity contribution in [3.63, 3.8) is 0 Å². The summed E-state index contributed by atoms with van der Waals surface area (Å²) in [7, 11) is 1.64. The van der Waals surface area contributed by atoms with Gasteiger partial charge in [-0.15, -0.1) is 0 Å². The number of nitrogens with zero attached hydrogens (tertiary/aromatic N) is 2. The number of hydrogen-bond donors (Lipinski definition) is 2. The number of aliphatic hydroxyl groups excluding tert-OH is 1. The molecule has 1 aromatic carbocycles. The van der Waals surface area contributed by atoms with Crippen LogP contribution in [-0.2, 0) is 11.3 Å². The highest BCUT2D eigenvalue weighted by Gasteiger charge is 2.27. The Labute approximate surface area is 150 Å². The molecule has 1 fully saturated rings. The summed E-state index contributed by atoms with van der Waals surface area (Å²) in [5.74, 6) is 0.866. The predicted molar refractivity (Wildman–Crippen MR) is 98.6 cm³/mol. The highest BCUT2D eigenvalue weighted by molar-refractivity contribution is 5.78. The van der Waals surface area contributed by atoms with Crippen LogP contribution in [0.2, 0.25) is 0 Å². The molecule has 2 unspecified atom stereocenters. The number of carbonyl (C=O) groups excluding carboxylic acids is 1. The predicted octanol–water partition coefficient (Wildman–Crippen LogP) is 1.09. The van der Waals surface area contributed by atoms with Gasteiger partial charge in [0.2, 0.25) is 5.91 Å². The van der Waals surface area contributed by atoms with E-state index in [0.717, 1.165) is 37.4 Å². The van der Waals surface area contributed by atoms with E-state index in [0.29, 0.717) is 25.7 Å². The number of rotatable bonds is 8. The van der Waals surface area contributed by atoms with Crippen LogP contribution in [0.25, 0.3) is 0 Å². The molecule has 1 aromatic rings. The molecule has 1 aliphatic rings. The van der Waals surface area contributed by atoms with Crippen LogP contribution in [0.5, 0.6) is 5.75 Å². The van der Waals surface area contributed by atoms with Gasteiger partial charge in [-0.05, 0) is 31.0 Å². The molecule has 0 aliphatic carbocycles. The Balaban J connectivity index is 1.76. The highest BCUT2D eigenvalue weighted by atomic mass is 16.5. The molecule has 1 heterocycles. The van der Waals surface area contributed by atoms with Gasteiger partial charge < -0.3 is 15.2 Å². The van der Waals surface area contributed by atoms with Crippen LogP contribution in [0.1, 0.15) is 25.8 Å². The monoisotopic (exact) mass is 349 g/mol. The number of benzene rings is 1. The molecule has 2 rings (SSSR count). The minimum Gasteiger partial charge on any atom is -0.497 e. The Morgan fingerprint density at radius 3 is 2.68 bits per heavy atom. The fraction of sp³-hybridized carbons (Fsp3) is 0.632. The molecular weight excluding hydrogens is 318 g/mol. The SMILES string of the molecule is CCC1CN(CC(=O)NCc2ccc(OC)cc2)CCN1CC(C)O. The van der Waals surface area contributed by atoms with Crippen molar-refractivity contribution in [1.82, 2.24) is 15.1 Å². The van der Waals surface area contributed by atoms with Crippen molar-refractivity contribution in [2.24, 2.45) is 0 Å². The molecule has 0 aromatic heterocycles. The molecule has 1 amide bonds. The number of nitrogens with one attached hydrogen (secondary N) is 1. The van der Waals surface area contributed by atoms with Crippen molar-refractivity contribution < 1.29 is 14.6 Å². The van der Waals surface area contributed by atoms with E-state index >= 15 is 0 Å². The van der Waals surface area contributed by atoms with Gasteiger partial charge in [-0.1, -0.05) is 19.1 Å². The van der Waals surface area contributed by atoms with Gasteiger partial charge in [0.15, 0.2) is 0 Å². The minimum atomic E-state index is -0.312. The Morgan fingerprint density at radius 1 is 1.36 bits per heavy atom. The van der Waals surface area contributed by atoms with Crippen LogP contribution in [0, 0.1) is 0 Å². The van der Waals surface area contributed by atoms with E-state index in [1.54, 1.807) is 7.11 Å². The lowest BCUT2D eigenvalue weighted by atomic mass is 10.1. The standard InChI is InChI=1S/C19H31N3O3/c1-4-17-13-21(9-10-22(17)12-15(2)23)14-19(24)20-11-16-5-7-18(25-3)8-6-16/h5-8,15,17,23H,4,9-14H2,1-3H3,(H,20,24). The van der Waals surface area contributed by atoms with Gasteiger partial charge in [0, 0.05) is 38.8 Å². The molecule has 6 heteroatoms. The van der Waals surface area contributed by atoms with Gasteiger partial charge in [0.05, 0.1) is 19.8 Å². The summed E-state index contributed by atoms with van der Waals surface area (Å²) >= 11 is 0. The maximum Gasteiger partial charge on any atom is 0.234 e. The van der Waals surface area contributed by atoms with Crippen LogP contribution in [-0.4, -0.2) is 72.8 Å². The number of ether oxygens (including phenoxy) is 1. The van der Waals surface area contributed by atoms with Gasteiger partial charge in [-0.25, -0.2) is 0 Å². The summed E-state index contributed by atoms with van der Waals surface area (Å²) in [4.78, 5) is 16.8. The molecule has 2 N–H and O–H groups in total. The van der Waals surface area contributed by atoms with E-state index in [4.69, 9.17) is 4.74 Å². The average Bonchev–Trinajstić information content (AvgIpc) is 2.61. The second kappa shape index (κ2) is 9.75. The van der Waals surface area contributed by atoms with Crippen molar-refractivity contribution in [2.45, 2.75) is 39.0 Å². The fourth-order valence-corrected chi connectivity index (χ4v) is 3.27. The first kappa shape index (κ1) is 19.7. The third-order valence-electron chi connectivity index (χ3n) is 4.67. The number of β-amino-alcohol motifs (C(OH)–C–C–N with tert-alkyl or cyclic N) is 1. The first-order valence-electron chi connectivity index (χ1n) is 9.06. The normalized spacial score (nSPS) is 20.2. The highest BCUT2D eigenvalue weighted by Crippen LogP contribution is 2.14. The molecule has 0 spiro atoms. The van der Waals surface area contributed by atoms with E-state index in [-0.39, 0.29) is 12.0 Å². The zero-order valence-electron chi connectivity index (χ0n) is 15.6. The zero-order valence-corrected chi connectivity index (χ0v) is 15.6. The van der Waals surface area contributed by atoms with E-state index < -0.39 is 0 Å². The lowest BCUT2D eigenvalue weighted by Gasteiger charge is -2.41. The molecule has 140 valence electrons. The summed E-state index contributed by atoms with van der Waals surface area (Å²) in [6, 6.07) is 8.11. The molecular formula is C19H31N3O3. The number of hydrogen-bond acceptors (Lipinski definition) is 5. The Bertz CT molecular complexity index is 533. The topological polar surface area (TPSA) is 65.0 Å². The number of aliphatic hydroxyl groups is 1. The van der Waals surface area contributed by atoms with Gasteiger partial charge in [-0.3, -0.25) is 14.6 Å². The zero-order chi connectivity index (χ0) is 18.2.